The number of ether oxygens (including phenoxy) is 1. The van der Waals surface area contributed by atoms with Gasteiger partial charge in [0.2, 0.25) is 5.91 Å². The molecule has 0 aliphatic heterocycles. The molecule has 0 atom stereocenters. The Bertz CT molecular complexity index is 725. The Hall–Kier alpha value is -2.24. The Morgan fingerprint density at radius 2 is 1.75 bits per heavy atom. The van der Waals surface area contributed by atoms with Gasteiger partial charge in [0.05, 0.1) is 22.8 Å². The van der Waals surface area contributed by atoms with E-state index in [1.165, 1.54) is 6.92 Å². The lowest BCUT2D eigenvalue weighted by Crippen LogP contribution is -2.19. The average Bonchev–Trinajstić information content (AvgIpc) is 2.54. The van der Waals surface area contributed by atoms with Crippen LogP contribution in [-0.4, -0.2) is 21.1 Å². The van der Waals surface area contributed by atoms with Crippen LogP contribution in [0.4, 0.5) is 5.69 Å². The summed E-state index contributed by atoms with van der Waals surface area (Å²) in [6.07, 6.45) is -0.0271. The summed E-state index contributed by atoms with van der Waals surface area (Å²) in [5, 5.41) is 2.74. The van der Waals surface area contributed by atoms with Gasteiger partial charge in [-0.1, -0.05) is 0 Å². The van der Waals surface area contributed by atoms with Crippen molar-refractivity contribution in [3.05, 3.63) is 22.6 Å². The highest BCUT2D eigenvalue weighted by molar-refractivity contribution is 5.94. The van der Waals surface area contributed by atoms with E-state index in [0.29, 0.717) is 11.4 Å². The third-order valence-corrected chi connectivity index (χ3v) is 3.05. The third-order valence-electron chi connectivity index (χ3n) is 3.05. The zero-order chi connectivity index (χ0) is 15.0. The topological polar surface area (TPSA) is 65.3 Å². The van der Waals surface area contributed by atoms with Crippen molar-refractivity contribution < 1.29 is 9.53 Å². The largest absolute Gasteiger partial charge is 0.489 e. The second-order valence-electron chi connectivity index (χ2n) is 5.09. The number of amides is 1. The Labute approximate surface area is 117 Å². The first-order valence-corrected chi connectivity index (χ1v) is 6.45. The molecule has 0 aliphatic rings. The van der Waals surface area contributed by atoms with Crippen LogP contribution in [0, 0.1) is 0 Å². The standard InChI is InChI=1S/C14H19N3O3/c1-8(2)20-13-7-12-11(6-10(13)15-9(3)18)16(4)14(19)17(12)5/h6-8H,1-5H3,(H,15,18). The summed E-state index contributed by atoms with van der Waals surface area (Å²) < 4.78 is 8.82. The predicted octanol–water partition coefficient (Wildman–Crippen LogP) is 1.62. The molecule has 0 saturated heterocycles. The molecule has 0 radical (unpaired) electrons. The fourth-order valence-electron chi connectivity index (χ4n) is 2.16. The van der Waals surface area contributed by atoms with E-state index in [9.17, 15) is 9.59 Å². The Morgan fingerprint density at radius 3 is 2.25 bits per heavy atom. The third kappa shape index (κ3) is 2.41. The summed E-state index contributed by atoms with van der Waals surface area (Å²) in [5.41, 5.74) is 1.97. The number of aromatic nitrogens is 2. The minimum Gasteiger partial charge on any atom is -0.489 e. The normalized spacial score (nSPS) is 11.1. The number of carbonyl (C=O) groups excluding carboxylic acids is 1. The Morgan fingerprint density at radius 1 is 1.20 bits per heavy atom. The van der Waals surface area contributed by atoms with Crippen molar-refractivity contribution in [1.82, 2.24) is 9.13 Å². The van der Waals surface area contributed by atoms with Gasteiger partial charge in [0.15, 0.2) is 0 Å². The minimum absolute atomic E-state index is 0.0271. The highest BCUT2D eigenvalue weighted by atomic mass is 16.5. The van der Waals surface area contributed by atoms with Crippen LogP contribution in [0.5, 0.6) is 5.75 Å². The molecule has 1 aromatic carbocycles. The molecule has 1 heterocycles. The maximum Gasteiger partial charge on any atom is 0.328 e. The van der Waals surface area contributed by atoms with Crippen molar-refractivity contribution in [3.8, 4) is 5.75 Å². The van der Waals surface area contributed by atoms with Gasteiger partial charge >= 0.3 is 5.69 Å². The molecule has 0 fully saturated rings. The molecule has 108 valence electrons. The smallest absolute Gasteiger partial charge is 0.328 e. The van der Waals surface area contributed by atoms with Gasteiger partial charge in [-0.15, -0.1) is 0 Å². The van der Waals surface area contributed by atoms with Crippen molar-refractivity contribution in [3.63, 3.8) is 0 Å². The first-order valence-electron chi connectivity index (χ1n) is 6.45. The molecule has 2 aromatic rings. The Kier molecular flexibility index (Phi) is 3.57. The lowest BCUT2D eigenvalue weighted by Gasteiger charge is -2.15. The number of fused-ring (bicyclic) bond motifs is 1. The number of rotatable bonds is 3. The summed E-state index contributed by atoms with van der Waals surface area (Å²) in [4.78, 5) is 23.3. The lowest BCUT2D eigenvalue weighted by molar-refractivity contribution is -0.114. The van der Waals surface area contributed by atoms with Crippen LogP contribution in [0.15, 0.2) is 16.9 Å². The summed E-state index contributed by atoms with van der Waals surface area (Å²) in [7, 11) is 3.41. The molecule has 6 heteroatoms. The summed E-state index contributed by atoms with van der Waals surface area (Å²) >= 11 is 0. The van der Waals surface area contributed by atoms with Crippen LogP contribution in [0.1, 0.15) is 20.8 Å². The maximum absolute atomic E-state index is 12.0. The van der Waals surface area contributed by atoms with Gasteiger partial charge < -0.3 is 10.1 Å². The van der Waals surface area contributed by atoms with E-state index in [2.05, 4.69) is 5.32 Å². The number of nitrogens with zero attached hydrogens (tertiary/aromatic N) is 2. The lowest BCUT2D eigenvalue weighted by atomic mass is 10.2. The molecule has 0 saturated carbocycles. The van der Waals surface area contributed by atoms with Crippen molar-refractivity contribution in [2.45, 2.75) is 26.9 Å². The van der Waals surface area contributed by atoms with E-state index >= 15 is 0 Å². The quantitative estimate of drug-likeness (QED) is 0.927. The Balaban J connectivity index is 2.71. The van der Waals surface area contributed by atoms with Gasteiger partial charge in [-0.05, 0) is 19.9 Å². The number of carbonyl (C=O) groups is 1. The number of benzene rings is 1. The van der Waals surface area contributed by atoms with E-state index in [1.54, 1.807) is 35.4 Å². The molecular formula is C14H19N3O3. The van der Waals surface area contributed by atoms with Crippen molar-refractivity contribution in [2.75, 3.05) is 5.32 Å². The number of anilines is 1. The van der Waals surface area contributed by atoms with E-state index < -0.39 is 0 Å². The van der Waals surface area contributed by atoms with Gasteiger partial charge in [0, 0.05) is 27.1 Å². The van der Waals surface area contributed by atoms with Gasteiger partial charge in [-0.3, -0.25) is 13.9 Å². The molecule has 1 aromatic heterocycles. The average molecular weight is 277 g/mol. The summed E-state index contributed by atoms with van der Waals surface area (Å²) in [6, 6.07) is 3.54. The highest BCUT2D eigenvalue weighted by Crippen LogP contribution is 2.30. The minimum atomic E-state index is -0.182. The number of hydrogen-bond acceptors (Lipinski definition) is 3. The van der Waals surface area contributed by atoms with Crippen molar-refractivity contribution in [2.24, 2.45) is 14.1 Å². The number of nitrogens with one attached hydrogen (secondary N) is 1. The second-order valence-corrected chi connectivity index (χ2v) is 5.09. The molecule has 0 bridgehead atoms. The van der Waals surface area contributed by atoms with Crippen LogP contribution in [0.3, 0.4) is 0 Å². The molecular weight excluding hydrogens is 258 g/mol. The molecule has 0 unspecified atom stereocenters. The fourth-order valence-corrected chi connectivity index (χ4v) is 2.16. The molecule has 2 rings (SSSR count). The zero-order valence-electron chi connectivity index (χ0n) is 12.4. The van der Waals surface area contributed by atoms with Crippen LogP contribution < -0.4 is 15.7 Å². The first-order chi connectivity index (χ1) is 9.31. The van der Waals surface area contributed by atoms with E-state index in [4.69, 9.17) is 4.74 Å². The molecule has 1 amide bonds. The molecule has 20 heavy (non-hydrogen) atoms. The predicted molar refractivity (Wildman–Crippen MR) is 78.2 cm³/mol. The van der Waals surface area contributed by atoms with E-state index in [1.807, 2.05) is 13.8 Å². The molecule has 0 spiro atoms. The SMILES string of the molecule is CC(=O)Nc1cc2c(cc1OC(C)C)n(C)c(=O)n2C. The number of hydrogen-bond donors (Lipinski definition) is 1. The molecule has 1 N–H and O–H groups in total. The second kappa shape index (κ2) is 5.03. The molecule has 0 aliphatic carbocycles. The van der Waals surface area contributed by atoms with Crippen molar-refractivity contribution in [1.29, 1.82) is 0 Å². The van der Waals surface area contributed by atoms with Crippen LogP contribution in [0.2, 0.25) is 0 Å². The van der Waals surface area contributed by atoms with Gasteiger partial charge in [0.25, 0.3) is 0 Å². The van der Waals surface area contributed by atoms with Crippen molar-refractivity contribution >= 4 is 22.6 Å². The highest BCUT2D eigenvalue weighted by Gasteiger charge is 2.14. The summed E-state index contributed by atoms with van der Waals surface area (Å²) in [5.74, 6) is 0.378. The van der Waals surface area contributed by atoms with Crippen LogP contribution >= 0.6 is 0 Å². The number of aryl methyl sites for hydroxylation is 2. The zero-order valence-corrected chi connectivity index (χ0v) is 12.4. The van der Waals surface area contributed by atoms with E-state index in [-0.39, 0.29) is 17.7 Å². The van der Waals surface area contributed by atoms with Crippen LogP contribution in [0.25, 0.3) is 11.0 Å². The van der Waals surface area contributed by atoms with Crippen LogP contribution in [-0.2, 0) is 18.9 Å². The summed E-state index contributed by atoms with van der Waals surface area (Å²) in [6.45, 7) is 5.25. The monoisotopic (exact) mass is 277 g/mol. The molecule has 6 nitrogen and oxygen atoms in total. The van der Waals surface area contributed by atoms with Gasteiger partial charge in [0.1, 0.15) is 5.75 Å². The maximum atomic E-state index is 12.0. The van der Waals surface area contributed by atoms with Gasteiger partial charge in [-0.2, -0.15) is 0 Å². The number of imidazole rings is 1. The first kappa shape index (κ1) is 14.2. The van der Waals surface area contributed by atoms with E-state index in [0.717, 1.165) is 11.0 Å². The fraction of sp³-hybridized carbons (Fsp3) is 0.429. The van der Waals surface area contributed by atoms with Gasteiger partial charge in [-0.25, -0.2) is 4.79 Å².